The molecule has 1 unspecified atom stereocenters. The van der Waals surface area contributed by atoms with Crippen molar-refractivity contribution >= 4 is 11.9 Å². The van der Waals surface area contributed by atoms with Gasteiger partial charge in [0.2, 0.25) is 5.91 Å². The van der Waals surface area contributed by atoms with Crippen LogP contribution in [-0.4, -0.2) is 23.5 Å². The first-order valence-electron chi connectivity index (χ1n) is 6.00. The lowest BCUT2D eigenvalue weighted by molar-refractivity contribution is -0.146. The molecule has 19 heavy (non-hydrogen) atoms. The van der Waals surface area contributed by atoms with E-state index in [1.165, 1.54) is 19.1 Å². The molecule has 1 aromatic rings. The third-order valence-electron chi connectivity index (χ3n) is 3.07. The molecule has 1 atom stereocenters. The van der Waals surface area contributed by atoms with Crippen molar-refractivity contribution in [1.29, 1.82) is 0 Å². The molecule has 0 aromatic heterocycles. The first-order chi connectivity index (χ1) is 8.74. The summed E-state index contributed by atoms with van der Waals surface area (Å²) in [6, 6.07) is 6.14. The number of carbonyl (C=O) groups excluding carboxylic acids is 1. The number of rotatable bonds is 5. The zero-order valence-electron chi connectivity index (χ0n) is 11.2. The van der Waals surface area contributed by atoms with Gasteiger partial charge in [-0.05, 0) is 24.6 Å². The Morgan fingerprint density at radius 3 is 2.58 bits per heavy atom. The fraction of sp³-hybridized carbons (Fsp3) is 0.429. The van der Waals surface area contributed by atoms with E-state index in [9.17, 15) is 14.0 Å². The Labute approximate surface area is 111 Å². The highest BCUT2D eigenvalue weighted by Gasteiger charge is 2.25. The maximum Gasteiger partial charge on any atom is 0.315 e. The minimum Gasteiger partial charge on any atom is -0.481 e. The summed E-state index contributed by atoms with van der Waals surface area (Å²) in [6.45, 7) is 5.28. The normalized spacial score (nSPS) is 12.8. The molecule has 2 N–H and O–H groups in total. The smallest absolute Gasteiger partial charge is 0.315 e. The molecule has 1 amide bonds. The van der Waals surface area contributed by atoms with Crippen LogP contribution in [0.15, 0.2) is 24.3 Å². The number of carboxylic acids is 1. The maximum atomic E-state index is 13.2. The summed E-state index contributed by atoms with van der Waals surface area (Å²) < 4.78 is 13.2. The van der Waals surface area contributed by atoms with Crippen molar-refractivity contribution in [1.82, 2.24) is 5.32 Å². The molecule has 0 heterocycles. The summed E-state index contributed by atoms with van der Waals surface area (Å²) in [4.78, 5) is 22.2. The minimum absolute atomic E-state index is 0.243. The van der Waals surface area contributed by atoms with E-state index < -0.39 is 23.2 Å². The van der Waals surface area contributed by atoms with E-state index in [2.05, 4.69) is 5.32 Å². The first-order valence-corrected chi connectivity index (χ1v) is 6.00. The van der Waals surface area contributed by atoms with Crippen molar-refractivity contribution in [2.75, 3.05) is 6.54 Å². The molecule has 1 aromatic carbocycles. The van der Waals surface area contributed by atoms with E-state index in [0.29, 0.717) is 0 Å². The molecule has 4 nitrogen and oxygen atoms in total. The van der Waals surface area contributed by atoms with Crippen LogP contribution in [0.5, 0.6) is 0 Å². The third-order valence-corrected chi connectivity index (χ3v) is 3.07. The van der Waals surface area contributed by atoms with Gasteiger partial charge in [-0.1, -0.05) is 26.0 Å². The number of nitrogens with one attached hydrogen (secondary N) is 1. The predicted octanol–water partition coefficient (Wildman–Crippen LogP) is 1.94. The Morgan fingerprint density at radius 1 is 1.42 bits per heavy atom. The van der Waals surface area contributed by atoms with E-state index in [-0.39, 0.29) is 12.4 Å². The van der Waals surface area contributed by atoms with Gasteiger partial charge in [0.1, 0.15) is 11.7 Å². The van der Waals surface area contributed by atoms with Gasteiger partial charge in [-0.25, -0.2) is 4.39 Å². The Morgan fingerprint density at radius 2 is 2.05 bits per heavy atom. The summed E-state index contributed by atoms with van der Waals surface area (Å²) >= 11 is 0. The number of halogens is 1. The summed E-state index contributed by atoms with van der Waals surface area (Å²) in [5.41, 5.74) is 0.270. The van der Waals surface area contributed by atoms with E-state index in [4.69, 9.17) is 5.11 Å². The highest BCUT2D eigenvalue weighted by molar-refractivity contribution is 5.96. The van der Waals surface area contributed by atoms with Crippen LogP contribution in [0.25, 0.3) is 0 Å². The van der Waals surface area contributed by atoms with Gasteiger partial charge < -0.3 is 10.4 Å². The molecule has 0 fully saturated rings. The molecule has 0 radical (unpaired) electrons. The molecule has 0 bridgehead atoms. The van der Waals surface area contributed by atoms with Crippen molar-refractivity contribution in [2.24, 2.45) is 5.92 Å². The lowest BCUT2D eigenvalue weighted by Crippen LogP contribution is -2.41. The summed E-state index contributed by atoms with van der Waals surface area (Å²) in [6.07, 6.45) is 0. The van der Waals surface area contributed by atoms with Crippen molar-refractivity contribution in [2.45, 2.75) is 26.2 Å². The van der Waals surface area contributed by atoms with Gasteiger partial charge in [0, 0.05) is 12.0 Å². The van der Waals surface area contributed by atoms with Crippen LogP contribution in [0.4, 0.5) is 4.39 Å². The molecule has 0 saturated heterocycles. The number of carbonyl (C=O) groups is 2. The quantitative estimate of drug-likeness (QED) is 0.801. The molecule has 0 spiro atoms. The highest BCUT2D eigenvalue weighted by Crippen LogP contribution is 2.22. The van der Waals surface area contributed by atoms with Crippen LogP contribution in [0.3, 0.4) is 0 Å². The lowest BCUT2D eigenvalue weighted by Gasteiger charge is -2.26. The van der Waals surface area contributed by atoms with Crippen molar-refractivity contribution < 1.29 is 19.1 Å². The predicted molar refractivity (Wildman–Crippen MR) is 69.2 cm³/mol. The standard InChI is InChI=1S/C14H18FNO3/c1-9(13(18)19)12(17)16-8-14(2,3)10-5-4-6-11(15)7-10/h4-7,9H,8H2,1-3H3,(H,16,17)(H,18,19). The average Bonchev–Trinajstić information content (AvgIpc) is 2.35. The fourth-order valence-electron chi connectivity index (χ4n) is 1.58. The molecule has 1 rings (SSSR count). The largest absolute Gasteiger partial charge is 0.481 e. The Kier molecular flexibility index (Phi) is 4.64. The van der Waals surface area contributed by atoms with E-state index in [1.807, 2.05) is 13.8 Å². The number of hydrogen-bond donors (Lipinski definition) is 2. The molecule has 5 heteroatoms. The van der Waals surface area contributed by atoms with Crippen molar-refractivity contribution in [3.8, 4) is 0 Å². The van der Waals surface area contributed by atoms with Gasteiger partial charge >= 0.3 is 5.97 Å². The van der Waals surface area contributed by atoms with Gasteiger partial charge in [0.25, 0.3) is 0 Å². The van der Waals surface area contributed by atoms with Crippen molar-refractivity contribution in [3.05, 3.63) is 35.6 Å². The molecule has 0 aliphatic heterocycles. The lowest BCUT2D eigenvalue weighted by atomic mass is 9.84. The first kappa shape index (κ1) is 15.1. The Balaban J connectivity index is 2.70. The topological polar surface area (TPSA) is 66.4 Å². The Bertz CT molecular complexity index is 485. The van der Waals surface area contributed by atoms with Gasteiger partial charge in [-0.2, -0.15) is 0 Å². The van der Waals surface area contributed by atoms with Gasteiger partial charge in [0.05, 0.1) is 0 Å². The zero-order chi connectivity index (χ0) is 14.6. The minimum atomic E-state index is -1.17. The number of carboxylic acid groups (broad SMARTS) is 1. The van der Waals surface area contributed by atoms with E-state index in [0.717, 1.165) is 5.56 Å². The molecule has 0 aliphatic rings. The van der Waals surface area contributed by atoms with E-state index in [1.54, 1.807) is 12.1 Å². The number of amides is 1. The third kappa shape index (κ3) is 4.05. The summed E-state index contributed by atoms with van der Waals surface area (Å²) in [5.74, 6) is -3.14. The second kappa shape index (κ2) is 5.82. The van der Waals surface area contributed by atoms with E-state index >= 15 is 0 Å². The molecule has 0 saturated carbocycles. The van der Waals surface area contributed by atoms with Crippen LogP contribution >= 0.6 is 0 Å². The van der Waals surface area contributed by atoms with Crippen LogP contribution in [0.2, 0.25) is 0 Å². The van der Waals surface area contributed by atoms with Crippen molar-refractivity contribution in [3.63, 3.8) is 0 Å². The molecular formula is C14H18FNO3. The van der Waals surface area contributed by atoms with Crippen LogP contribution < -0.4 is 5.32 Å². The average molecular weight is 267 g/mol. The second-order valence-electron chi connectivity index (χ2n) is 5.17. The maximum absolute atomic E-state index is 13.2. The molecule has 0 aliphatic carbocycles. The Hall–Kier alpha value is -1.91. The van der Waals surface area contributed by atoms with Crippen LogP contribution in [0, 0.1) is 11.7 Å². The van der Waals surface area contributed by atoms with Crippen LogP contribution in [0.1, 0.15) is 26.3 Å². The van der Waals surface area contributed by atoms with Gasteiger partial charge in [0.15, 0.2) is 0 Å². The summed E-state index contributed by atoms with van der Waals surface area (Å²) in [7, 11) is 0. The monoisotopic (exact) mass is 267 g/mol. The SMILES string of the molecule is CC(C(=O)O)C(=O)NCC(C)(C)c1cccc(F)c1. The molecular weight excluding hydrogens is 249 g/mol. The molecule has 104 valence electrons. The number of aliphatic carboxylic acids is 1. The summed E-state index contributed by atoms with van der Waals surface area (Å²) in [5, 5.41) is 11.3. The van der Waals surface area contributed by atoms with Crippen LogP contribution in [-0.2, 0) is 15.0 Å². The second-order valence-corrected chi connectivity index (χ2v) is 5.17. The zero-order valence-corrected chi connectivity index (χ0v) is 11.2. The van der Waals surface area contributed by atoms with Gasteiger partial charge in [-0.3, -0.25) is 9.59 Å². The fourth-order valence-corrected chi connectivity index (χ4v) is 1.58. The number of hydrogen-bond acceptors (Lipinski definition) is 2. The highest BCUT2D eigenvalue weighted by atomic mass is 19.1. The number of benzene rings is 1. The van der Waals surface area contributed by atoms with Gasteiger partial charge in [-0.15, -0.1) is 0 Å².